The van der Waals surface area contributed by atoms with E-state index in [0.717, 1.165) is 11.1 Å². The summed E-state index contributed by atoms with van der Waals surface area (Å²) in [5.41, 5.74) is 2.33. The number of aromatic amines is 1. The standard InChI is InChI=1S/C9H10FNO/c1-5-2-3-7(10)9-6(5)4-8(12)11-9/h2,4,7,11-12H,3H2,1H3. The van der Waals surface area contributed by atoms with Crippen LogP contribution in [-0.4, -0.2) is 10.1 Å². The number of aromatic hydroxyl groups is 1. The Bertz CT molecular complexity index is 340. The van der Waals surface area contributed by atoms with E-state index in [-0.39, 0.29) is 5.88 Å². The van der Waals surface area contributed by atoms with Gasteiger partial charge in [-0.3, -0.25) is 0 Å². The smallest absolute Gasteiger partial charge is 0.189 e. The van der Waals surface area contributed by atoms with Crippen molar-refractivity contribution in [2.24, 2.45) is 0 Å². The lowest BCUT2D eigenvalue weighted by Crippen LogP contribution is -1.99. The molecule has 2 nitrogen and oxygen atoms in total. The number of nitrogens with one attached hydrogen (secondary N) is 1. The van der Waals surface area contributed by atoms with Crippen LogP contribution in [0.25, 0.3) is 5.57 Å². The zero-order valence-electron chi connectivity index (χ0n) is 6.76. The summed E-state index contributed by atoms with van der Waals surface area (Å²) in [6.07, 6.45) is 1.25. The molecule has 3 heteroatoms. The van der Waals surface area contributed by atoms with E-state index >= 15 is 0 Å². The highest BCUT2D eigenvalue weighted by atomic mass is 19.1. The highest BCUT2D eigenvalue weighted by Crippen LogP contribution is 2.36. The summed E-state index contributed by atoms with van der Waals surface area (Å²) < 4.78 is 13.2. The summed E-state index contributed by atoms with van der Waals surface area (Å²) in [4.78, 5) is 2.62. The number of hydrogen-bond acceptors (Lipinski definition) is 1. The van der Waals surface area contributed by atoms with Crippen LogP contribution in [0.4, 0.5) is 4.39 Å². The molecule has 2 N–H and O–H groups in total. The molecule has 0 saturated carbocycles. The number of alkyl halides is 1. The normalized spacial score (nSPS) is 21.8. The predicted octanol–water partition coefficient (Wildman–Crippen LogP) is 2.54. The summed E-state index contributed by atoms with van der Waals surface area (Å²) in [5, 5.41) is 9.11. The van der Waals surface area contributed by atoms with Gasteiger partial charge in [-0.25, -0.2) is 4.39 Å². The van der Waals surface area contributed by atoms with E-state index < -0.39 is 6.17 Å². The molecule has 2 rings (SSSR count). The van der Waals surface area contributed by atoms with E-state index in [1.54, 1.807) is 6.07 Å². The SMILES string of the molecule is CC1=CCC(F)c2[nH]c(O)cc21. The van der Waals surface area contributed by atoms with Crippen LogP contribution in [-0.2, 0) is 0 Å². The Morgan fingerprint density at radius 2 is 2.42 bits per heavy atom. The van der Waals surface area contributed by atoms with Crippen molar-refractivity contribution in [3.63, 3.8) is 0 Å². The predicted molar refractivity (Wildman–Crippen MR) is 44.6 cm³/mol. The summed E-state index contributed by atoms with van der Waals surface area (Å²) >= 11 is 0. The molecule has 0 saturated heterocycles. The Kier molecular flexibility index (Phi) is 1.46. The topological polar surface area (TPSA) is 36.0 Å². The average molecular weight is 167 g/mol. The minimum atomic E-state index is -0.996. The van der Waals surface area contributed by atoms with E-state index in [4.69, 9.17) is 5.11 Å². The molecule has 1 aromatic heterocycles. The van der Waals surface area contributed by atoms with Crippen LogP contribution in [0.3, 0.4) is 0 Å². The van der Waals surface area contributed by atoms with Crippen molar-refractivity contribution in [2.75, 3.05) is 0 Å². The second kappa shape index (κ2) is 2.37. The molecular formula is C9H10FNO. The number of aromatic nitrogens is 1. The zero-order valence-corrected chi connectivity index (χ0v) is 6.76. The first-order chi connectivity index (χ1) is 5.68. The van der Waals surface area contributed by atoms with Gasteiger partial charge in [0.1, 0.15) is 6.17 Å². The minimum absolute atomic E-state index is 0.0392. The molecule has 0 radical (unpaired) electrons. The fourth-order valence-corrected chi connectivity index (χ4v) is 1.54. The van der Waals surface area contributed by atoms with Crippen molar-refractivity contribution in [2.45, 2.75) is 19.5 Å². The highest BCUT2D eigenvalue weighted by molar-refractivity contribution is 5.69. The van der Waals surface area contributed by atoms with Crippen LogP contribution in [0.5, 0.6) is 5.88 Å². The molecule has 64 valence electrons. The van der Waals surface area contributed by atoms with Crippen molar-refractivity contribution in [1.29, 1.82) is 0 Å². The molecule has 0 fully saturated rings. The molecule has 0 amide bonds. The van der Waals surface area contributed by atoms with Crippen molar-refractivity contribution in [1.82, 2.24) is 4.98 Å². The van der Waals surface area contributed by atoms with Crippen LogP contribution in [0.15, 0.2) is 12.1 Å². The van der Waals surface area contributed by atoms with Crippen molar-refractivity contribution in [3.8, 4) is 5.88 Å². The number of rotatable bonds is 0. The first kappa shape index (κ1) is 7.40. The molecule has 0 aliphatic heterocycles. The lowest BCUT2D eigenvalue weighted by atomic mass is 9.97. The van der Waals surface area contributed by atoms with Gasteiger partial charge in [-0.15, -0.1) is 0 Å². The van der Waals surface area contributed by atoms with Gasteiger partial charge in [0.25, 0.3) is 0 Å². The number of allylic oxidation sites excluding steroid dienone is 2. The third-order valence-corrected chi connectivity index (χ3v) is 2.20. The molecular weight excluding hydrogens is 157 g/mol. The first-order valence-corrected chi connectivity index (χ1v) is 3.91. The molecule has 1 aliphatic rings. The molecule has 0 spiro atoms. The number of halogens is 1. The summed E-state index contributed by atoms with van der Waals surface area (Å²) in [6.45, 7) is 1.91. The molecule has 0 aromatic carbocycles. The van der Waals surface area contributed by atoms with E-state index in [2.05, 4.69) is 4.98 Å². The fourth-order valence-electron chi connectivity index (χ4n) is 1.54. The van der Waals surface area contributed by atoms with Crippen molar-refractivity contribution < 1.29 is 9.50 Å². The monoisotopic (exact) mass is 167 g/mol. The molecule has 0 bridgehead atoms. The largest absolute Gasteiger partial charge is 0.495 e. The van der Waals surface area contributed by atoms with Crippen molar-refractivity contribution in [3.05, 3.63) is 23.4 Å². The number of H-pyrrole nitrogens is 1. The van der Waals surface area contributed by atoms with Gasteiger partial charge >= 0.3 is 0 Å². The van der Waals surface area contributed by atoms with Crippen LogP contribution >= 0.6 is 0 Å². The Balaban J connectivity index is 2.57. The minimum Gasteiger partial charge on any atom is -0.495 e. The van der Waals surface area contributed by atoms with Crippen LogP contribution < -0.4 is 0 Å². The van der Waals surface area contributed by atoms with Crippen LogP contribution in [0, 0.1) is 0 Å². The summed E-state index contributed by atoms with van der Waals surface area (Å²) in [7, 11) is 0. The Hall–Kier alpha value is -1.25. The molecule has 1 unspecified atom stereocenters. The van der Waals surface area contributed by atoms with E-state index in [0.29, 0.717) is 12.1 Å². The fraction of sp³-hybridized carbons (Fsp3) is 0.333. The molecule has 1 aliphatic carbocycles. The van der Waals surface area contributed by atoms with Gasteiger partial charge in [0.15, 0.2) is 5.88 Å². The average Bonchev–Trinajstić information content (AvgIpc) is 2.41. The van der Waals surface area contributed by atoms with Gasteiger partial charge < -0.3 is 10.1 Å². The lowest BCUT2D eigenvalue weighted by Gasteiger charge is -2.13. The van der Waals surface area contributed by atoms with Crippen LogP contribution in [0.1, 0.15) is 30.8 Å². The maximum Gasteiger partial charge on any atom is 0.189 e. The quantitative estimate of drug-likeness (QED) is 0.612. The summed E-state index contributed by atoms with van der Waals surface area (Å²) in [5.74, 6) is 0.0392. The second-order valence-electron chi connectivity index (χ2n) is 3.07. The van der Waals surface area contributed by atoms with Gasteiger partial charge in [0.05, 0.1) is 5.69 Å². The zero-order chi connectivity index (χ0) is 8.72. The van der Waals surface area contributed by atoms with E-state index in [9.17, 15) is 4.39 Å². The molecule has 1 aromatic rings. The van der Waals surface area contributed by atoms with Gasteiger partial charge in [0.2, 0.25) is 0 Å². The Labute approximate surface area is 69.7 Å². The number of fused-ring (bicyclic) bond motifs is 1. The van der Waals surface area contributed by atoms with Crippen LogP contribution in [0.2, 0.25) is 0 Å². The summed E-state index contributed by atoms with van der Waals surface area (Å²) in [6, 6.07) is 1.56. The third kappa shape index (κ3) is 0.932. The van der Waals surface area contributed by atoms with Crippen molar-refractivity contribution >= 4 is 5.57 Å². The third-order valence-electron chi connectivity index (χ3n) is 2.20. The molecule has 1 heterocycles. The van der Waals surface area contributed by atoms with Gasteiger partial charge in [0, 0.05) is 18.1 Å². The Morgan fingerprint density at radius 1 is 1.67 bits per heavy atom. The molecule has 1 atom stereocenters. The Morgan fingerprint density at radius 3 is 3.08 bits per heavy atom. The van der Waals surface area contributed by atoms with E-state index in [1.807, 2.05) is 13.0 Å². The molecule has 12 heavy (non-hydrogen) atoms. The van der Waals surface area contributed by atoms with Gasteiger partial charge in [-0.2, -0.15) is 0 Å². The van der Waals surface area contributed by atoms with Gasteiger partial charge in [-0.1, -0.05) is 6.08 Å². The maximum atomic E-state index is 13.2. The highest BCUT2D eigenvalue weighted by Gasteiger charge is 2.21. The van der Waals surface area contributed by atoms with Gasteiger partial charge in [-0.05, 0) is 12.5 Å². The number of hydrogen-bond donors (Lipinski definition) is 2. The van der Waals surface area contributed by atoms with E-state index in [1.165, 1.54) is 0 Å². The maximum absolute atomic E-state index is 13.2. The second-order valence-corrected chi connectivity index (χ2v) is 3.07. The first-order valence-electron chi connectivity index (χ1n) is 3.91. The lowest BCUT2D eigenvalue weighted by molar-refractivity contribution is 0.334.